The first kappa shape index (κ1) is 13.1. The molecule has 0 heterocycles. The topological polar surface area (TPSA) is 52.6 Å². The maximum atomic E-state index is 10.8. The molecule has 0 aromatic rings. The van der Waals surface area contributed by atoms with Gasteiger partial charge in [-0.2, -0.15) is 0 Å². The molecule has 0 radical (unpaired) electrons. The van der Waals surface area contributed by atoms with E-state index in [1.165, 1.54) is 0 Å². The van der Waals surface area contributed by atoms with E-state index in [9.17, 15) is 9.59 Å². The van der Waals surface area contributed by atoms with Crippen molar-refractivity contribution < 1.29 is 19.1 Å². The summed E-state index contributed by atoms with van der Waals surface area (Å²) in [5, 5.41) is 0. The first-order chi connectivity index (χ1) is 6.83. The van der Waals surface area contributed by atoms with Crippen molar-refractivity contribution in [2.45, 2.75) is 32.5 Å². The van der Waals surface area contributed by atoms with Crippen LogP contribution in [0, 0.1) is 24.7 Å². The second-order valence-corrected chi connectivity index (χ2v) is 3.33. The highest BCUT2D eigenvalue weighted by molar-refractivity contribution is 5.88. The molecule has 0 fully saturated rings. The smallest absolute Gasteiger partial charge is 0.384 e. The quantitative estimate of drug-likeness (QED) is 0.385. The van der Waals surface area contributed by atoms with Gasteiger partial charge in [-0.15, -0.1) is 12.8 Å². The van der Waals surface area contributed by atoms with Gasteiger partial charge in [0.2, 0.25) is 0 Å². The zero-order valence-electron chi connectivity index (χ0n) is 8.87. The van der Waals surface area contributed by atoms with Crippen LogP contribution in [0.25, 0.3) is 0 Å². The van der Waals surface area contributed by atoms with E-state index < -0.39 is 23.6 Å². The van der Waals surface area contributed by atoms with Gasteiger partial charge in [-0.3, -0.25) is 0 Å². The molecule has 0 bridgehead atoms. The van der Waals surface area contributed by atoms with Crippen LogP contribution in [-0.2, 0) is 19.1 Å². The second kappa shape index (κ2) is 5.07. The highest BCUT2D eigenvalue weighted by Gasteiger charge is 2.32. The number of terminal acetylenes is 2. The third kappa shape index (κ3) is 4.19. The van der Waals surface area contributed by atoms with Crippen LogP contribution >= 0.6 is 0 Å². The molecule has 0 saturated heterocycles. The van der Waals surface area contributed by atoms with Crippen molar-refractivity contribution in [3.05, 3.63) is 0 Å². The maximum Gasteiger partial charge on any atom is 0.384 e. The fraction of sp³-hybridized carbons (Fsp3) is 0.455. The summed E-state index contributed by atoms with van der Waals surface area (Å²) in [6.07, 6.45) is 8.99. The van der Waals surface area contributed by atoms with Gasteiger partial charge in [-0.25, -0.2) is 9.59 Å². The van der Waals surface area contributed by atoms with E-state index in [1.54, 1.807) is 32.6 Å². The van der Waals surface area contributed by atoms with Crippen LogP contribution in [-0.4, -0.2) is 23.6 Å². The SMILES string of the molecule is C#CC(=O)OC(C)C(C)(C)OC(=O)C#C. The van der Waals surface area contributed by atoms with E-state index in [0.717, 1.165) is 0 Å². The monoisotopic (exact) mass is 208 g/mol. The zero-order chi connectivity index (χ0) is 12.1. The van der Waals surface area contributed by atoms with Crippen LogP contribution in [0.2, 0.25) is 0 Å². The Kier molecular flexibility index (Phi) is 4.41. The van der Waals surface area contributed by atoms with Gasteiger partial charge in [0.15, 0.2) is 0 Å². The van der Waals surface area contributed by atoms with Gasteiger partial charge in [0.05, 0.1) is 0 Å². The van der Waals surface area contributed by atoms with Crippen LogP contribution < -0.4 is 0 Å². The molecule has 15 heavy (non-hydrogen) atoms. The Morgan fingerprint density at radius 3 is 2.07 bits per heavy atom. The summed E-state index contributed by atoms with van der Waals surface area (Å²) in [4.78, 5) is 21.6. The van der Waals surface area contributed by atoms with E-state index >= 15 is 0 Å². The molecule has 0 aromatic carbocycles. The van der Waals surface area contributed by atoms with E-state index in [0.29, 0.717) is 0 Å². The molecular formula is C11H12O4. The predicted molar refractivity (Wildman–Crippen MR) is 53.4 cm³/mol. The van der Waals surface area contributed by atoms with Crippen molar-refractivity contribution in [3.63, 3.8) is 0 Å². The van der Waals surface area contributed by atoms with Gasteiger partial charge in [0, 0.05) is 11.8 Å². The van der Waals surface area contributed by atoms with Crippen LogP contribution in [0.1, 0.15) is 20.8 Å². The Morgan fingerprint density at radius 1 is 1.20 bits per heavy atom. The fourth-order valence-electron chi connectivity index (χ4n) is 0.688. The Labute approximate surface area is 88.9 Å². The van der Waals surface area contributed by atoms with Crippen molar-refractivity contribution in [2.75, 3.05) is 0 Å². The molecular weight excluding hydrogens is 196 g/mol. The van der Waals surface area contributed by atoms with Crippen LogP contribution in [0.5, 0.6) is 0 Å². The molecule has 1 atom stereocenters. The Morgan fingerprint density at radius 2 is 1.67 bits per heavy atom. The van der Waals surface area contributed by atoms with E-state index in [-0.39, 0.29) is 0 Å². The number of esters is 2. The number of ether oxygens (including phenoxy) is 2. The van der Waals surface area contributed by atoms with Crippen molar-refractivity contribution in [2.24, 2.45) is 0 Å². The molecule has 0 aliphatic heterocycles. The standard InChI is InChI=1S/C11H12O4/c1-6-9(12)14-8(3)11(4,5)15-10(13)7-2/h1-2,8H,3-5H3. The van der Waals surface area contributed by atoms with Gasteiger partial charge in [-0.05, 0) is 20.8 Å². The molecule has 0 amide bonds. The fourth-order valence-corrected chi connectivity index (χ4v) is 0.688. The lowest BCUT2D eigenvalue weighted by Gasteiger charge is -2.29. The lowest BCUT2D eigenvalue weighted by atomic mass is 10.0. The number of carbonyl (C=O) groups excluding carboxylic acids is 2. The summed E-state index contributed by atoms with van der Waals surface area (Å²) in [7, 11) is 0. The minimum Gasteiger partial charge on any atom is -0.449 e. The van der Waals surface area contributed by atoms with Crippen molar-refractivity contribution in [3.8, 4) is 24.7 Å². The minimum absolute atomic E-state index is 0.682. The molecule has 4 heteroatoms. The predicted octanol–water partition coefficient (Wildman–Crippen LogP) is 0.506. The summed E-state index contributed by atoms with van der Waals surface area (Å²) in [6, 6.07) is 0. The first-order valence-electron chi connectivity index (χ1n) is 4.20. The molecule has 1 unspecified atom stereocenters. The molecule has 0 saturated carbocycles. The number of rotatable bonds is 3. The van der Waals surface area contributed by atoms with Gasteiger partial charge < -0.3 is 9.47 Å². The molecule has 0 spiro atoms. The van der Waals surface area contributed by atoms with Gasteiger partial charge in [-0.1, -0.05) is 0 Å². The summed E-state index contributed by atoms with van der Waals surface area (Å²) in [5.41, 5.74) is -1.02. The average Bonchev–Trinajstić information content (AvgIpc) is 2.16. The van der Waals surface area contributed by atoms with Gasteiger partial charge in [0.1, 0.15) is 11.7 Å². The Bertz CT molecular complexity index is 341. The average molecular weight is 208 g/mol. The lowest BCUT2D eigenvalue weighted by molar-refractivity contribution is -0.171. The summed E-state index contributed by atoms with van der Waals surface area (Å²) in [6.45, 7) is 4.69. The van der Waals surface area contributed by atoms with E-state index in [1.807, 2.05) is 0 Å². The zero-order valence-corrected chi connectivity index (χ0v) is 8.87. The second-order valence-electron chi connectivity index (χ2n) is 3.33. The van der Waals surface area contributed by atoms with Gasteiger partial charge >= 0.3 is 11.9 Å². The van der Waals surface area contributed by atoms with Crippen LogP contribution in [0.3, 0.4) is 0 Å². The van der Waals surface area contributed by atoms with E-state index in [4.69, 9.17) is 22.3 Å². The van der Waals surface area contributed by atoms with Crippen molar-refractivity contribution >= 4 is 11.9 Å². The first-order valence-corrected chi connectivity index (χ1v) is 4.20. The summed E-state index contributed by atoms with van der Waals surface area (Å²) >= 11 is 0. The van der Waals surface area contributed by atoms with Gasteiger partial charge in [0.25, 0.3) is 0 Å². The lowest BCUT2D eigenvalue weighted by Crippen LogP contribution is -2.41. The molecule has 0 rings (SSSR count). The molecule has 0 aliphatic rings. The number of hydrogen-bond donors (Lipinski definition) is 0. The Hall–Kier alpha value is -1.94. The third-order valence-corrected chi connectivity index (χ3v) is 1.85. The minimum atomic E-state index is -1.02. The number of carbonyl (C=O) groups is 2. The van der Waals surface area contributed by atoms with Crippen molar-refractivity contribution in [1.82, 2.24) is 0 Å². The normalized spacial score (nSPS) is 11.8. The highest BCUT2D eigenvalue weighted by atomic mass is 16.6. The Balaban J connectivity index is 4.47. The highest BCUT2D eigenvalue weighted by Crippen LogP contribution is 2.17. The largest absolute Gasteiger partial charge is 0.449 e. The van der Waals surface area contributed by atoms with Crippen molar-refractivity contribution in [1.29, 1.82) is 0 Å². The van der Waals surface area contributed by atoms with Crippen LogP contribution in [0.15, 0.2) is 0 Å². The molecule has 80 valence electrons. The summed E-state index contributed by atoms with van der Waals surface area (Å²) < 4.78 is 9.66. The summed E-state index contributed by atoms with van der Waals surface area (Å²) in [5.74, 6) is 1.97. The van der Waals surface area contributed by atoms with E-state index in [2.05, 4.69) is 0 Å². The number of hydrogen-bond acceptors (Lipinski definition) is 4. The molecule has 0 N–H and O–H groups in total. The molecule has 4 nitrogen and oxygen atoms in total. The maximum absolute atomic E-state index is 10.8. The molecule has 0 aromatic heterocycles. The third-order valence-electron chi connectivity index (χ3n) is 1.85. The molecule has 0 aliphatic carbocycles. The van der Waals surface area contributed by atoms with Crippen LogP contribution in [0.4, 0.5) is 0 Å².